The standard InChI is InChI=1S/C17H17Cl2I/c1-13-4-2-3-5-16(13)17(11-18,12-19)10-14-6-8-15(20)9-7-14/h2-9H,10-12H2,1H3. The van der Waals surface area contributed by atoms with Gasteiger partial charge in [0.25, 0.3) is 0 Å². The number of halogens is 3. The Hall–Kier alpha value is -0.250. The molecule has 3 heteroatoms. The van der Waals surface area contributed by atoms with Gasteiger partial charge in [-0.15, -0.1) is 23.2 Å². The van der Waals surface area contributed by atoms with Gasteiger partial charge in [0.05, 0.1) is 0 Å². The molecule has 0 unspecified atom stereocenters. The number of hydrogen-bond acceptors (Lipinski definition) is 0. The van der Waals surface area contributed by atoms with Crippen molar-refractivity contribution in [3.8, 4) is 0 Å². The van der Waals surface area contributed by atoms with Crippen molar-refractivity contribution < 1.29 is 0 Å². The molecule has 0 aliphatic carbocycles. The van der Waals surface area contributed by atoms with Crippen LogP contribution in [-0.4, -0.2) is 11.8 Å². The van der Waals surface area contributed by atoms with Gasteiger partial charge in [-0.1, -0.05) is 36.4 Å². The van der Waals surface area contributed by atoms with E-state index in [2.05, 4.69) is 78.0 Å². The summed E-state index contributed by atoms with van der Waals surface area (Å²) < 4.78 is 1.24. The summed E-state index contributed by atoms with van der Waals surface area (Å²) in [5, 5.41) is 0. The van der Waals surface area contributed by atoms with Crippen molar-refractivity contribution in [3.05, 3.63) is 68.8 Å². The van der Waals surface area contributed by atoms with Crippen LogP contribution in [0.1, 0.15) is 16.7 Å². The summed E-state index contributed by atoms with van der Waals surface area (Å²) in [6.07, 6.45) is 0.863. The zero-order chi connectivity index (χ0) is 14.6. The average Bonchev–Trinajstić information content (AvgIpc) is 2.48. The van der Waals surface area contributed by atoms with Gasteiger partial charge in [0.15, 0.2) is 0 Å². The van der Waals surface area contributed by atoms with E-state index in [1.165, 1.54) is 20.3 Å². The minimum atomic E-state index is -0.207. The van der Waals surface area contributed by atoms with E-state index in [-0.39, 0.29) is 5.41 Å². The van der Waals surface area contributed by atoms with Crippen molar-refractivity contribution in [2.24, 2.45) is 0 Å². The third kappa shape index (κ3) is 3.49. The number of alkyl halides is 2. The van der Waals surface area contributed by atoms with E-state index in [1.807, 2.05) is 0 Å². The van der Waals surface area contributed by atoms with Crippen molar-refractivity contribution in [1.82, 2.24) is 0 Å². The van der Waals surface area contributed by atoms with E-state index in [9.17, 15) is 0 Å². The first-order chi connectivity index (χ1) is 9.61. The molecule has 0 bridgehead atoms. The summed E-state index contributed by atoms with van der Waals surface area (Å²) in [6, 6.07) is 17.0. The summed E-state index contributed by atoms with van der Waals surface area (Å²) >= 11 is 15.0. The molecule has 0 aromatic heterocycles. The van der Waals surface area contributed by atoms with Crippen molar-refractivity contribution in [2.45, 2.75) is 18.8 Å². The lowest BCUT2D eigenvalue weighted by molar-refractivity contribution is 0.533. The number of aryl methyl sites for hydroxylation is 1. The Morgan fingerprint density at radius 2 is 1.55 bits per heavy atom. The van der Waals surface area contributed by atoms with Crippen LogP contribution in [0.25, 0.3) is 0 Å². The quantitative estimate of drug-likeness (QED) is 0.440. The lowest BCUT2D eigenvalue weighted by atomic mass is 9.77. The van der Waals surface area contributed by atoms with Crippen molar-refractivity contribution >= 4 is 45.8 Å². The highest BCUT2D eigenvalue weighted by atomic mass is 127. The molecule has 0 radical (unpaired) electrons. The summed E-state index contributed by atoms with van der Waals surface area (Å²) in [7, 11) is 0. The molecular weight excluding hydrogens is 402 g/mol. The van der Waals surface area contributed by atoms with Gasteiger partial charge in [-0.3, -0.25) is 0 Å². The highest BCUT2D eigenvalue weighted by molar-refractivity contribution is 14.1. The van der Waals surface area contributed by atoms with Crippen LogP contribution in [0.2, 0.25) is 0 Å². The highest BCUT2D eigenvalue weighted by Crippen LogP contribution is 2.33. The van der Waals surface area contributed by atoms with Crippen LogP contribution in [-0.2, 0) is 11.8 Å². The molecule has 0 atom stereocenters. The molecule has 106 valence electrons. The Labute approximate surface area is 144 Å². The van der Waals surface area contributed by atoms with Crippen molar-refractivity contribution in [3.63, 3.8) is 0 Å². The third-order valence-electron chi connectivity index (χ3n) is 3.68. The molecular formula is C17H17Cl2I. The normalized spacial score (nSPS) is 11.6. The Kier molecular flexibility index (Phi) is 5.76. The number of benzene rings is 2. The maximum absolute atomic E-state index is 6.33. The van der Waals surface area contributed by atoms with Crippen LogP contribution >= 0.6 is 45.8 Å². The minimum absolute atomic E-state index is 0.207. The molecule has 0 aliphatic heterocycles. The fourth-order valence-electron chi connectivity index (χ4n) is 2.53. The van der Waals surface area contributed by atoms with Gasteiger partial charge in [0.2, 0.25) is 0 Å². The van der Waals surface area contributed by atoms with Crippen LogP contribution < -0.4 is 0 Å². The molecule has 0 saturated heterocycles. The molecule has 0 fully saturated rings. The molecule has 0 nitrogen and oxygen atoms in total. The first-order valence-electron chi connectivity index (χ1n) is 6.54. The summed E-state index contributed by atoms with van der Waals surface area (Å²) in [6.45, 7) is 2.12. The molecule has 2 aromatic rings. The van der Waals surface area contributed by atoms with Gasteiger partial charge >= 0.3 is 0 Å². The van der Waals surface area contributed by atoms with Crippen LogP contribution in [0.5, 0.6) is 0 Å². The lowest BCUT2D eigenvalue weighted by Gasteiger charge is -2.32. The van der Waals surface area contributed by atoms with Crippen LogP contribution in [0.15, 0.2) is 48.5 Å². The van der Waals surface area contributed by atoms with Crippen LogP contribution in [0.3, 0.4) is 0 Å². The zero-order valence-electron chi connectivity index (χ0n) is 11.4. The monoisotopic (exact) mass is 418 g/mol. The van der Waals surface area contributed by atoms with Crippen molar-refractivity contribution in [1.29, 1.82) is 0 Å². The molecule has 20 heavy (non-hydrogen) atoms. The Bertz CT molecular complexity index is 559. The van der Waals surface area contributed by atoms with E-state index >= 15 is 0 Å². The Balaban J connectivity index is 2.39. The topological polar surface area (TPSA) is 0 Å². The SMILES string of the molecule is Cc1ccccc1C(CCl)(CCl)Cc1ccc(I)cc1. The number of hydrogen-bond donors (Lipinski definition) is 0. The lowest BCUT2D eigenvalue weighted by Crippen LogP contribution is -2.34. The van der Waals surface area contributed by atoms with Gasteiger partial charge < -0.3 is 0 Å². The molecule has 0 N–H and O–H groups in total. The summed E-state index contributed by atoms with van der Waals surface area (Å²) in [4.78, 5) is 0. The van der Waals surface area contributed by atoms with Crippen molar-refractivity contribution in [2.75, 3.05) is 11.8 Å². The Morgan fingerprint density at radius 1 is 0.950 bits per heavy atom. The second-order valence-corrected chi connectivity index (χ2v) is 6.95. The second kappa shape index (κ2) is 7.15. The number of rotatable bonds is 5. The first-order valence-corrected chi connectivity index (χ1v) is 8.68. The van der Waals surface area contributed by atoms with Crippen LogP contribution in [0, 0.1) is 10.5 Å². The minimum Gasteiger partial charge on any atom is -0.126 e. The zero-order valence-corrected chi connectivity index (χ0v) is 15.0. The molecule has 0 aliphatic rings. The van der Waals surface area contributed by atoms with E-state index in [4.69, 9.17) is 23.2 Å². The molecule has 2 rings (SSSR count). The third-order valence-corrected chi connectivity index (χ3v) is 5.43. The first kappa shape index (κ1) is 16.1. The smallest absolute Gasteiger partial charge is 0.0335 e. The van der Waals surface area contributed by atoms with Crippen LogP contribution in [0.4, 0.5) is 0 Å². The van der Waals surface area contributed by atoms with Gasteiger partial charge in [-0.05, 0) is 64.8 Å². The second-order valence-electron chi connectivity index (χ2n) is 5.17. The van der Waals surface area contributed by atoms with Gasteiger partial charge in [-0.2, -0.15) is 0 Å². The predicted molar refractivity (Wildman–Crippen MR) is 97.2 cm³/mol. The van der Waals surface area contributed by atoms with E-state index in [0.717, 1.165) is 6.42 Å². The maximum Gasteiger partial charge on any atom is 0.0335 e. The van der Waals surface area contributed by atoms with Gasteiger partial charge in [-0.25, -0.2) is 0 Å². The predicted octanol–water partition coefficient (Wildman–Crippen LogP) is 5.56. The molecule has 2 aromatic carbocycles. The Morgan fingerprint density at radius 3 is 2.10 bits per heavy atom. The molecule has 0 spiro atoms. The fraction of sp³-hybridized carbons (Fsp3) is 0.294. The molecule has 0 amide bonds. The molecule has 0 saturated carbocycles. The fourth-order valence-corrected chi connectivity index (χ4v) is 3.65. The van der Waals surface area contributed by atoms with Gasteiger partial charge in [0, 0.05) is 20.7 Å². The van der Waals surface area contributed by atoms with Gasteiger partial charge in [0.1, 0.15) is 0 Å². The maximum atomic E-state index is 6.33. The van der Waals surface area contributed by atoms with E-state index < -0.39 is 0 Å². The van der Waals surface area contributed by atoms with E-state index in [1.54, 1.807) is 0 Å². The largest absolute Gasteiger partial charge is 0.126 e. The van der Waals surface area contributed by atoms with E-state index in [0.29, 0.717) is 11.8 Å². The molecule has 0 heterocycles. The summed E-state index contributed by atoms with van der Waals surface area (Å²) in [5.41, 5.74) is 3.57. The average molecular weight is 419 g/mol. The highest BCUT2D eigenvalue weighted by Gasteiger charge is 2.32. The summed E-state index contributed by atoms with van der Waals surface area (Å²) in [5.74, 6) is 1.04.